The lowest BCUT2D eigenvalue weighted by Crippen LogP contribution is -2.55. The van der Waals surface area contributed by atoms with Crippen molar-refractivity contribution in [3.63, 3.8) is 0 Å². The Labute approximate surface area is 146 Å². The maximum atomic E-state index is 12.7. The summed E-state index contributed by atoms with van der Waals surface area (Å²) in [7, 11) is 1.98. The fourth-order valence-corrected chi connectivity index (χ4v) is 3.42. The highest BCUT2D eigenvalue weighted by molar-refractivity contribution is 6.01. The highest BCUT2D eigenvalue weighted by Crippen LogP contribution is 2.29. The zero-order valence-electron chi connectivity index (χ0n) is 14.2. The molecule has 3 N–H and O–H groups in total. The van der Waals surface area contributed by atoms with Crippen LogP contribution < -0.4 is 5.32 Å². The molecule has 0 radical (unpaired) electrons. The van der Waals surface area contributed by atoms with Crippen molar-refractivity contribution in [2.75, 3.05) is 20.1 Å². The number of phenols is 1. The van der Waals surface area contributed by atoms with Crippen LogP contribution in [0.25, 0.3) is 10.8 Å². The van der Waals surface area contributed by atoms with Gasteiger partial charge in [0.25, 0.3) is 5.91 Å². The van der Waals surface area contributed by atoms with Crippen molar-refractivity contribution < 1.29 is 19.8 Å². The molecular formula is C19H22N2O4. The molecule has 0 aromatic heterocycles. The Kier molecular flexibility index (Phi) is 4.63. The topological polar surface area (TPSA) is 89.9 Å². The minimum Gasteiger partial charge on any atom is -0.507 e. The fourth-order valence-electron chi connectivity index (χ4n) is 3.42. The molecule has 1 heterocycles. The third-order valence-corrected chi connectivity index (χ3v) is 4.91. The van der Waals surface area contributed by atoms with Crippen LogP contribution in [0.4, 0.5) is 0 Å². The SMILES string of the molecule is CN1CCC(CC(=O)O)(NC(=O)c2cc(O)c3ccccc3c2)CC1. The number of rotatable bonds is 4. The predicted molar refractivity (Wildman–Crippen MR) is 94.8 cm³/mol. The summed E-state index contributed by atoms with van der Waals surface area (Å²) in [6.45, 7) is 1.47. The van der Waals surface area contributed by atoms with Crippen molar-refractivity contribution in [3.05, 3.63) is 42.0 Å². The second kappa shape index (κ2) is 6.72. The van der Waals surface area contributed by atoms with Crippen LogP contribution in [0.5, 0.6) is 5.75 Å². The van der Waals surface area contributed by atoms with E-state index in [4.69, 9.17) is 0 Å². The third kappa shape index (κ3) is 3.74. The van der Waals surface area contributed by atoms with E-state index in [1.54, 1.807) is 12.1 Å². The second-order valence-electron chi connectivity index (χ2n) is 6.82. The van der Waals surface area contributed by atoms with Gasteiger partial charge in [-0.15, -0.1) is 0 Å². The summed E-state index contributed by atoms with van der Waals surface area (Å²) < 4.78 is 0. The zero-order valence-corrected chi connectivity index (χ0v) is 14.2. The maximum absolute atomic E-state index is 12.7. The molecule has 1 amide bonds. The summed E-state index contributed by atoms with van der Waals surface area (Å²) in [6, 6.07) is 10.4. The molecule has 132 valence electrons. The van der Waals surface area contributed by atoms with Crippen LogP contribution in [-0.4, -0.2) is 52.7 Å². The summed E-state index contributed by atoms with van der Waals surface area (Å²) in [5.74, 6) is -1.24. The molecule has 1 aliphatic heterocycles. The first-order valence-corrected chi connectivity index (χ1v) is 8.33. The van der Waals surface area contributed by atoms with E-state index >= 15 is 0 Å². The lowest BCUT2D eigenvalue weighted by atomic mass is 9.84. The monoisotopic (exact) mass is 342 g/mol. The Morgan fingerprint density at radius 3 is 2.56 bits per heavy atom. The Bertz CT molecular complexity index is 810. The van der Waals surface area contributed by atoms with E-state index in [9.17, 15) is 19.8 Å². The van der Waals surface area contributed by atoms with Crippen LogP contribution in [0.15, 0.2) is 36.4 Å². The van der Waals surface area contributed by atoms with E-state index in [1.165, 1.54) is 6.07 Å². The largest absolute Gasteiger partial charge is 0.507 e. The number of amides is 1. The molecular weight excluding hydrogens is 320 g/mol. The number of hydrogen-bond donors (Lipinski definition) is 3. The number of hydrogen-bond acceptors (Lipinski definition) is 4. The van der Waals surface area contributed by atoms with E-state index in [1.807, 2.05) is 25.2 Å². The van der Waals surface area contributed by atoms with Crippen molar-refractivity contribution in [3.8, 4) is 5.75 Å². The van der Waals surface area contributed by atoms with Gasteiger partial charge in [0.05, 0.1) is 12.0 Å². The fraction of sp³-hybridized carbons (Fsp3) is 0.368. The van der Waals surface area contributed by atoms with Crippen LogP contribution in [0.3, 0.4) is 0 Å². The molecule has 0 aliphatic carbocycles. The van der Waals surface area contributed by atoms with E-state index in [0.717, 1.165) is 18.5 Å². The average Bonchev–Trinajstić information content (AvgIpc) is 2.57. The van der Waals surface area contributed by atoms with Gasteiger partial charge >= 0.3 is 5.97 Å². The molecule has 0 atom stereocenters. The summed E-state index contributed by atoms with van der Waals surface area (Å²) in [6.07, 6.45) is 1.06. The first kappa shape index (κ1) is 17.2. The molecule has 2 aromatic carbocycles. The van der Waals surface area contributed by atoms with E-state index in [0.29, 0.717) is 23.8 Å². The number of carbonyl (C=O) groups excluding carboxylic acids is 1. The minimum absolute atomic E-state index is 0.0407. The Hall–Kier alpha value is -2.60. The molecule has 0 saturated carbocycles. The molecule has 0 unspecified atom stereocenters. The molecule has 2 aromatic rings. The average molecular weight is 342 g/mol. The molecule has 0 spiro atoms. The first-order valence-electron chi connectivity index (χ1n) is 8.33. The number of benzene rings is 2. The van der Waals surface area contributed by atoms with Crippen LogP contribution in [0.2, 0.25) is 0 Å². The molecule has 6 nitrogen and oxygen atoms in total. The quantitative estimate of drug-likeness (QED) is 0.793. The first-order chi connectivity index (χ1) is 11.9. The lowest BCUT2D eigenvalue weighted by molar-refractivity contribution is -0.139. The molecule has 0 bridgehead atoms. The molecule has 25 heavy (non-hydrogen) atoms. The van der Waals surface area contributed by atoms with Gasteiger partial charge in [-0.1, -0.05) is 24.3 Å². The van der Waals surface area contributed by atoms with Gasteiger partial charge in [-0.25, -0.2) is 0 Å². The number of fused-ring (bicyclic) bond motifs is 1. The van der Waals surface area contributed by atoms with Gasteiger partial charge in [-0.3, -0.25) is 9.59 Å². The number of nitrogens with one attached hydrogen (secondary N) is 1. The Balaban J connectivity index is 1.87. The Morgan fingerprint density at radius 2 is 1.88 bits per heavy atom. The van der Waals surface area contributed by atoms with Gasteiger partial charge < -0.3 is 20.4 Å². The van der Waals surface area contributed by atoms with E-state index in [-0.39, 0.29) is 18.1 Å². The lowest BCUT2D eigenvalue weighted by Gasteiger charge is -2.40. The van der Waals surface area contributed by atoms with Gasteiger partial charge in [-0.05, 0) is 37.4 Å². The van der Waals surface area contributed by atoms with Crippen LogP contribution in [-0.2, 0) is 4.79 Å². The number of carboxylic acids is 1. The number of phenolic OH excluding ortho intramolecular Hbond substituents is 1. The summed E-state index contributed by atoms with van der Waals surface area (Å²) in [5.41, 5.74) is -0.420. The summed E-state index contributed by atoms with van der Waals surface area (Å²) >= 11 is 0. The van der Waals surface area contributed by atoms with Crippen molar-refractivity contribution in [2.24, 2.45) is 0 Å². The van der Waals surface area contributed by atoms with Crippen LogP contribution in [0.1, 0.15) is 29.6 Å². The van der Waals surface area contributed by atoms with E-state index in [2.05, 4.69) is 10.2 Å². The zero-order chi connectivity index (χ0) is 18.0. The second-order valence-corrected chi connectivity index (χ2v) is 6.82. The highest BCUT2D eigenvalue weighted by atomic mass is 16.4. The van der Waals surface area contributed by atoms with Gasteiger partial charge in [0.2, 0.25) is 0 Å². The number of aromatic hydroxyl groups is 1. The number of nitrogens with zero attached hydrogens (tertiary/aromatic N) is 1. The van der Waals surface area contributed by atoms with Crippen molar-refractivity contribution in [1.29, 1.82) is 0 Å². The summed E-state index contributed by atoms with van der Waals surface area (Å²) in [5, 5.41) is 23.8. The highest BCUT2D eigenvalue weighted by Gasteiger charge is 2.37. The number of carbonyl (C=O) groups is 2. The van der Waals surface area contributed by atoms with Crippen molar-refractivity contribution >= 4 is 22.6 Å². The number of piperidine rings is 1. The number of aliphatic carboxylic acids is 1. The van der Waals surface area contributed by atoms with Gasteiger partial charge in [-0.2, -0.15) is 0 Å². The predicted octanol–water partition coefficient (Wildman–Crippen LogP) is 2.21. The van der Waals surface area contributed by atoms with Gasteiger partial charge in [0.15, 0.2) is 0 Å². The third-order valence-electron chi connectivity index (χ3n) is 4.91. The molecule has 3 rings (SSSR count). The Morgan fingerprint density at radius 1 is 1.20 bits per heavy atom. The number of carboxylic acid groups (broad SMARTS) is 1. The maximum Gasteiger partial charge on any atom is 0.305 e. The molecule has 1 aliphatic rings. The summed E-state index contributed by atoms with van der Waals surface area (Å²) in [4.78, 5) is 26.2. The van der Waals surface area contributed by atoms with Crippen molar-refractivity contribution in [2.45, 2.75) is 24.8 Å². The van der Waals surface area contributed by atoms with Crippen LogP contribution >= 0.6 is 0 Å². The normalized spacial score (nSPS) is 17.3. The molecule has 6 heteroatoms. The van der Waals surface area contributed by atoms with Crippen LogP contribution in [0, 0.1) is 0 Å². The van der Waals surface area contributed by atoms with Crippen molar-refractivity contribution in [1.82, 2.24) is 10.2 Å². The van der Waals surface area contributed by atoms with Gasteiger partial charge in [0, 0.05) is 24.0 Å². The smallest absolute Gasteiger partial charge is 0.305 e. The molecule has 1 fully saturated rings. The minimum atomic E-state index is -0.925. The molecule has 1 saturated heterocycles. The van der Waals surface area contributed by atoms with Gasteiger partial charge in [0.1, 0.15) is 5.75 Å². The standard InChI is InChI=1S/C19H22N2O4/c1-21-8-6-19(7-9-21,12-17(23)24)20-18(25)14-10-13-4-2-3-5-15(13)16(22)11-14/h2-5,10-11,22H,6-9,12H2,1H3,(H,20,25)(H,23,24). The number of likely N-dealkylation sites (tertiary alicyclic amines) is 1. The van der Waals surface area contributed by atoms with E-state index < -0.39 is 11.5 Å².